The molecule has 0 aliphatic heterocycles. The fourth-order valence-electron chi connectivity index (χ4n) is 1.91. The van der Waals surface area contributed by atoms with Gasteiger partial charge in [-0.25, -0.2) is 4.98 Å². The number of methoxy groups -OCH3 is 1. The summed E-state index contributed by atoms with van der Waals surface area (Å²) in [5, 5.41) is 1.85. The third-order valence-corrected chi connectivity index (χ3v) is 3.95. The van der Waals surface area contributed by atoms with Crippen LogP contribution in [0.5, 0.6) is 0 Å². The number of nitrogens with zero attached hydrogens (tertiary/aromatic N) is 2. The predicted octanol–water partition coefficient (Wildman–Crippen LogP) is 1.37. The van der Waals surface area contributed by atoms with Crippen LogP contribution in [0.4, 0.5) is 0 Å². The summed E-state index contributed by atoms with van der Waals surface area (Å²) in [6.07, 6.45) is 0.329. The summed E-state index contributed by atoms with van der Waals surface area (Å²) in [4.78, 5) is 32.3. The van der Waals surface area contributed by atoms with Crippen molar-refractivity contribution in [2.24, 2.45) is 0 Å². The molecular formula is C13H17N3O3S. The Kier molecular flexibility index (Phi) is 4.86. The first-order valence-corrected chi connectivity index (χ1v) is 7.27. The summed E-state index contributed by atoms with van der Waals surface area (Å²) in [5.41, 5.74) is 0.613. The normalized spacial score (nSPS) is 11.2. The highest BCUT2D eigenvalue weighted by atomic mass is 32.1. The minimum atomic E-state index is -0.238. The van der Waals surface area contributed by atoms with Crippen molar-refractivity contribution in [3.05, 3.63) is 27.6 Å². The summed E-state index contributed by atoms with van der Waals surface area (Å²) in [6.45, 7) is 3.85. The lowest BCUT2D eigenvalue weighted by Gasteiger charge is -2.18. The van der Waals surface area contributed by atoms with Crippen LogP contribution in [0.3, 0.4) is 0 Å². The van der Waals surface area contributed by atoms with Gasteiger partial charge in [-0.15, -0.1) is 11.3 Å². The highest BCUT2D eigenvalue weighted by Gasteiger charge is 2.10. The van der Waals surface area contributed by atoms with Crippen molar-refractivity contribution in [2.75, 3.05) is 20.2 Å². The van der Waals surface area contributed by atoms with Gasteiger partial charge in [0.2, 0.25) is 0 Å². The Balaban J connectivity index is 2.09. The van der Waals surface area contributed by atoms with E-state index in [4.69, 9.17) is 0 Å². The van der Waals surface area contributed by atoms with Gasteiger partial charge >= 0.3 is 5.97 Å². The first-order valence-electron chi connectivity index (χ1n) is 6.39. The van der Waals surface area contributed by atoms with Crippen molar-refractivity contribution < 1.29 is 9.53 Å². The van der Waals surface area contributed by atoms with E-state index in [-0.39, 0.29) is 11.5 Å². The standard InChI is InChI=1S/C13H17N3O3S/c1-3-16(6-4-11(17)19-2)8-10-14-9-5-7-20-12(9)13(18)15-10/h5,7H,3-4,6,8H2,1-2H3,(H,14,15,18). The molecule has 0 radical (unpaired) electrons. The second-order valence-electron chi connectivity index (χ2n) is 4.34. The number of nitrogens with one attached hydrogen (secondary N) is 1. The molecule has 0 aromatic carbocycles. The molecule has 2 heterocycles. The zero-order valence-electron chi connectivity index (χ0n) is 11.5. The largest absolute Gasteiger partial charge is 0.469 e. The molecule has 20 heavy (non-hydrogen) atoms. The van der Waals surface area contributed by atoms with Crippen molar-refractivity contribution >= 4 is 27.5 Å². The third-order valence-electron chi connectivity index (χ3n) is 3.04. The molecule has 0 saturated carbocycles. The molecule has 6 nitrogen and oxygen atoms in total. The van der Waals surface area contributed by atoms with Gasteiger partial charge in [0.1, 0.15) is 10.5 Å². The summed E-state index contributed by atoms with van der Waals surface area (Å²) in [7, 11) is 1.38. The second-order valence-corrected chi connectivity index (χ2v) is 5.26. The lowest BCUT2D eigenvalue weighted by atomic mass is 10.3. The number of esters is 1. The average molecular weight is 295 g/mol. The first-order chi connectivity index (χ1) is 9.63. The van der Waals surface area contributed by atoms with Crippen LogP contribution < -0.4 is 5.56 Å². The van der Waals surface area contributed by atoms with Crippen LogP contribution in [0.15, 0.2) is 16.2 Å². The predicted molar refractivity (Wildman–Crippen MR) is 77.8 cm³/mol. The maximum absolute atomic E-state index is 11.9. The lowest BCUT2D eigenvalue weighted by Crippen LogP contribution is -2.28. The van der Waals surface area contributed by atoms with E-state index in [1.807, 2.05) is 23.3 Å². The molecule has 1 N–H and O–H groups in total. The monoisotopic (exact) mass is 295 g/mol. The number of hydrogen-bond acceptors (Lipinski definition) is 6. The number of hydrogen-bond donors (Lipinski definition) is 1. The van der Waals surface area contributed by atoms with E-state index in [1.54, 1.807) is 0 Å². The van der Waals surface area contributed by atoms with Gasteiger partial charge in [0.15, 0.2) is 0 Å². The molecule has 2 rings (SSSR count). The van der Waals surface area contributed by atoms with E-state index in [2.05, 4.69) is 14.7 Å². The van der Waals surface area contributed by atoms with Crippen LogP contribution in [0.1, 0.15) is 19.2 Å². The number of ether oxygens (including phenoxy) is 1. The summed E-state index contributed by atoms with van der Waals surface area (Å²) < 4.78 is 5.27. The number of rotatable bonds is 6. The number of aromatic nitrogens is 2. The molecular weight excluding hydrogens is 278 g/mol. The van der Waals surface area contributed by atoms with Crippen LogP contribution in [-0.2, 0) is 16.1 Å². The molecule has 0 bridgehead atoms. The molecule has 0 saturated heterocycles. The number of H-pyrrole nitrogens is 1. The SMILES string of the molecule is CCN(CCC(=O)OC)Cc1nc2ccsc2c(=O)[nH]1. The Morgan fingerprint density at radius 3 is 3.05 bits per heavy atom. The van der Waals surface area contributed by atoms with Gasteiger partial charge in [-0.05, 0) is 18.0 Å². The number of fused-ring (bicyclic) bond motifs is 1. The average Bonchev–Trinajstić information content (AvgIpc) is 2.91. The summed E-state index contributed by atoms with van der Waals surface area (Å²) in [5.74, 6) is 0.380. The Labute approximate surface area is 120 Å². The first kappa shape index (κ1) is 14.7. The number of carbonyl (C=O) groups excluding carboxylic acids is 1. The molecule has 0 amide bonds. The van der Waals surface area contributed by atoms with Crippen molar-refractivity contribution in [3.8, 4) is 0 Å². The molecule has 108 valence electrons. The van der Waals surface area contributed by atoms with Crippen LogP contribution >= 0.6 is 11.3 Å². The van der Waals surface area contributed by atoms with Gasteiger partial charge in [-0.3, -0.25) is 14.5 Å². The summed E-state index contributed by atoms with van der Waals surface area (Å²) >= 11 is 1.38. The number of carbonyl (C=O) groups is 1. The zero-order valence-corrected chi connectivity index (χ0v) is 12.3. The minimum absolute atomic E-state index is 0.107. The van der Waals surface area contributed by atoms with Gasteiger partial charge in [-0.1, -0.05) is 6.92 Å². The van der Waals surface area contributed by atoms with Crippen molar-refractivity contribution in [2.45, 2.75) is 19.9 Å². The Bertz CT molecular complexity index is 650. The van der Waals surface area contributed by atoms with Crippen LogP contribution in [0.2, 0.25) is 0 Å². The van der Waals surface area contributed by atoms with E-state index < -0.39 is 0 Å². The number of thiophene rings is 1. The van der Waals surface area contributed by atoms with Gasteiger partial charge in [0.25, 0.3) is 5.56 Å². The topological polar surface area (TPSA) is 75.3 Å². The smallest absolute Gasteiger partial charge is 0.306 e. The number of aromatic amines is 1. The minimum Gasteiger partial charge on any atom is -0.469 e. The molecule has 2 aromatic heterocycles. The second kappa shape index (κ2) is 6.62. The quantitative estimate of drug-likeness (QED) is 0.815. The van der Waals surface area contributed by atoms with E-state index in [9.17, 15) is 9.59 Å². The fraction of sp³-hybridized carbons (Fsp3) is 0.462. The Morgan fingerprint density at radius 1 is 1.55 bits per heavy atom. The van der Waals surface area contributed by atoms with Crippen molar-refractivity contribution in [1.82, 2.24) is 14.9 Å². The van der Waals surface area contributed by atoms with Gasteiger partial charge in [0, 0.05) is 6.54 Å². The molecule has 0 aliphatic carbocycles. The third kappa shape index (κ3) is 3.43. The van der Waals surface area contributed by atoms with E-state index in [1.165, 1.54) is 18.4 Å². The molecule has 0 aliphatic rings. The van der Waals surface area contributed by atoms with Crippen LogP contribution in [0.25, 0.3) is 10.2 Å². The molecule has 2 aromatic rings. The highest BCUT2D eigenvalue weighted by molar-refractivity contribution is 7.17. The van der Waals surface area contributed by atoms with Crippen molar-refractivity contribution in [1.29, 1.82) is 0 Å². The van der Waals surface area contributed by atoms with Crippen molar-refractivity contribution in [3.63, 3.8) is 0 Å². The maximum Gasteiger partial charge on any atom is 0.306 e. The van der Waals surface area contributed by atoms with Crippen LogP contribution in [-0.4, -0.2) is 41.0 Å². The van der Waals surface area contributed by atoms with Gasteiger partial charge < -0.3 is 9.72 Å². The Morgan fingerprint density at radius 2 is 2.35 bits per heavy atom. The maximum atomic E-state index is 11.9. The molecule has 0 fully saturated rings. The van der Waals surface area contributed by atoms with E-state index in [0.29, 0.717) is 30.0 Å². The lowest BCUT2D eigenvalue weighted by molar-refractivity contribution is -0.141. The zero-order chi connectivity index (χ0) is 14.5. The fourth-order valence-corrected chi connectivity index (χ4v) is 2.63. The highest BCUT2D eigenvalue weighted by Crippen LogP contribution is 2.14. The van der Waals surface area contributed by atoms with Gasteiger partial charge in [-0.2, -0.15) is 0 Å². The molecule has 0 spiro atoms. The Hall–Kier alpha value is -1.73. The van der Waals surface area contributed by atoms with Crippen LogP contribution in [0, 0.1) is 0 Å². The molecule has 0 atom stereocenters. The molecule has 7 heteroatoms. The molecule has 0 unspecified atom stereocenters. The van der Waals surface area contributed by atoms with E-state index >= 15 is 0 Å². The van der Waals surface area contributed by atoms with E-state index in [0.717, 1.165) is 12.1 Å². The van der Waals surface area contributed by atoms with Gasteiger partial charge in [0.05, 0.1) is 25.6 Å². The summed E-state index contributed by atoms with van der Waals surface area (Å²) in [6, 6.07) is 1.84.